The largest absolute Gasteiger partial charge is 0.434 e. The third-order valence-electron chi connectivity index (χ3n) is 8.73. The summed E-state index contributed by atoms with van der Waals surface area (Å²) in [6.07, 6.45) is 7.17. The summed E-state index contributed by atoms with van der Waals surface area (Å²) < 4.78 is 33.6. The summed E-state index contributed by atoms with van der Waals surface area (Å²) in [6.45, 7) is -0.941. The Labute approximate surface area is 228 Å². The number of amides is 1. The number of aliphatic hydroxyl groups is 1. The fourth-order valence-corrected chi connectivity index (χ4v) is 6.98. The predicted octanol–water partition coefficient (Wildman–Crippen LogP) is 4.00. The smallest absolute Gasteiger partial charge is 0.387 e. The van der Waals surface area contributed by atoms with E-state index in [0.29, 0.717) is 41.9 Å². The number of rotatable bonds is 5. The summed E-state index contributed by atoms with van der Waals surface area (Å²) in [5.41, 5.74) is 10.4. The Morgan fingerprint density at radius 2 is 1.93 bits per heavy atom. The van der Waals surface area contributed by atoms with Crippen LogP contribution in [0.4, 0.5) is 8.78 Å². The molecule has 3 N–H and O–H groups in total. The van der Waals surface area contributed by atoms with E-state index in [2.05, 4.69) is 9.97 Å². The second-order valence-corrected chi connectivity index (χ2v) is 11.6. The molecule has 2 aliphatic carbocycles. The lowest BCUT2D eigenvalue weighted by atomic mass is 9.58. The van der Waals surface area contributed by atoms with Crippen LogP contribution in [0.1, 0.15) is 71.3 Å². The number of aromatic nitrogens is 4. The van der Waals surface area contributed by atoms with E-state index in [4.69, 9.17) is 15.5 Å². The summed E-state index contributed by atoms with van der Waals surface area (Å²) in [6, 6.07) is 8.24. The van der Waals surface area contributed by atoms with Crippen molar-refractivity contribution in [2.24, 2.45) is 11.1 Å². The van der Waals surface area contributed by atoms with Gasteiger partial charge >= 0.3 is 6.61 Å². The van der Waals surface area contributed by atoms with E-state index < -0.39 is 12.2 Å². The molecule has 4 aromatic rings. The van der Waals surface area contributed by atoms with Gasteiger partial charge in [0.05, 0.1) is 23.0 Å². The summed E-state index contributed by atoms with van der Waals surface area (Å²) in [5, 5.41) is 9.60. The minimum Gasteiger partial charge on any atom is -0.434 e. The minimum atomic E-state index is -3.01. The molecule has 1 aliphatic heterocycles. The van der Waals surface area contributed by atoms with Crippen LogP contribution in [0.2, 0.25) is 0 Å². The Hall–Kier alpha value is -3.96. The van der Waals surface area contributed by atoms with Crippen molar-refractivity contribution in [3.8, 4) is 16.9 Å². The lowest BCUT2D eigenvalue weighted by Crippen LogP contribution is -2.56. The topological polar surface area (TPSA) is 119 Å². The quantitative estimate of drug-likeness (QED) is 0.388. The number of nitrogens with zero attached hydrogens (tertiary/aromatic N) is 5. The minimum absolute atomic E-state index is 0.00634. The lowest BCUT2D eigenvalue weighted by Gasteiger charge is -2.50. The third kappa shape index (κ3) is 3.57. The van der Waals surface area contributed by atoms with Crippen molar-refractivity contribution < 1.29 is 23.4 Å². The van der Waals surface area contributed by atoms with Crippen LogP contribution in [0.3, 0.4) is 0 Å². The average Bonchev–Trinajstić information content (AvgIpc) is 3.45. The van der Waals surface area contributed by atoms with Gasteiger partial charge in [-0.1, -0.05) is 13.0 Å². The molecule has 9 nitrogen and oxygen atoms in total. The van der Waals surface area contributed by atoms with Crippen molar-refractivity contribution in [1.29, 1.82) is 0 Å². The molecule has 2 atom stereocenters. The zero-order valence-corrected chi connectivity index (χ0v) is 22.0. The van der Waals surface area contributed by atoms with Gasteiger partial charge in [0, 0.05) is 60.4 Å². The third-order valence-corrected chi connectivity index (χ3v) is 8.73. The second-order valence-electron chi connectivity index (χ2n) is 11.6. The Morgan fingerprint density at radius 3 is 2.62 bits per heavy atom. The van der Waals surface area contributed by atoms with Gasteiger partial charge in [-0.15, -0.1) is 0 Å². The number of aliphatic hydroxyl groups excluding tert-OH is 1. The van der Waals surface area contributed by atoms with E-state index in [1.165, 1.54) is 6.07 Å². The normalized spacial score (nSPS) is 27.0. The average molecular weight is 547 g/mol. The fourth-order valence-electron chi connectivity index (χ4n) is 6.98. The molecule has 1 aromatic carbocycles. The zero-order valence-electron chi connectivity index (χ0n) is 22.0. The van der Waals surface area contributed by atoms with Crippen LogP contribution in [-0.4, -0.2) is 55.5 Å². The van der Waals surface area contributed by atoms with E-state index in [-0.39, 0.29) is 35.6 Å². The highest BCUT2D eigenvalue weighted by molar-refractivity contribution is 5.98. The molecule has 1 fully saturated rings. The maximum Gasteiger partial charge on any atom is 0.387 e. The van der Waals surface area contributed by atoms with Gasteiger partial charge in [-0.3, -0.25) is 4.79 Å². The number of nitrogens with two attached hydrogens (primary N) is 1. The highest BCUT2D eigenvalue weighted by atomic mass is 19.3. The van der Waals surface area contributed by atoms with Crippen LogP contribution in [-0.2, 0) is 5.54 Å². The van der Waals surface area contributed by atoms with Crippen LogP contribution in [0.15, 0.2) is 48.9 Å². The molecule has 0 saturated heterocycles. The first kappa shape index (κ1) is 25.0. The molecule has 0 spiro atoms. The zero-order chi connectivity index (χ0) is 28.0. The molecule has 7 rings (SSSR count). The van der Waals surface area contributed by atoms with Gasteiger partial charge in [0.15, 0.2) is 0 Å². The molecule has 40 heavy (non-hydrogen) atoms. The molecule has 1 amide bonds. The van der Waals surface area contributed by atoms with Crippen molar-refractivity contribution in [1.82, 2.24) is 24.3 Å². The number of hydrogen-bond acceptors (Lipinski definition) is 7. The number of ether oxygens (including phenoxy) is 1. The molecule has 11 heteroatoms. The first-order valence-corrected chi connectivity index (χ1v) is 13.2. The summed E-state index contributed by atoms with van der Waals surface area (Å²) >= 11 is 0. The van der Waals surface area contributed by atoms with Gasteiger partial charge in [0.1, 0.15) is 17.2 Å². The first-order valence-electron chi connectivity index (χ1n) is 13.2. The highest BCUT2D eigenvalue weighted by Gasteiger charge is 2.52. The molecule has 3 aliphatic rings. The van der Waals surface area contributed by atoms with Crippen molar-refractivity contribution in [3.63, 3.8) is 0 Å². The first-order chi connectivity index (χ1) is 19.1. The summed E-state index contributed by atoms with van der Waals surface area (Å²) in [7, 11) is 1.72. The number of halogens is 2. The van der Waals surface area contributed by atoms with Crippen molar-refractivity contribution in [2.75, 3.05) is 13.7 Å². The van der Waals surface area contributed by atoms with Crippen LogP contribution in [0.25, 0.3) is 16.8 Å². The van der Waals surface area contributed by atoms with Crippen molar-refractivity contribution in [2.45, 2.75) is 50.3 Å². The van der Waals surface area contributed by atoms with Crippen molar-refractivity contribution in [3.05, 3.63) is 77.3 Å². The molecule has 2 bridgehead atoms. The number of pyridine rings is 1. The fraction of sp³-hybridized carbons (Fsp3) is 0.379. The van der Waals surface area contributed by atoms with Gasteiger partial charge in [0.25, 0.3) is 5.91 Å². The number of fused-ring (bicyclic) bond motifs is 9. The van der Waals surface area contributed by atoms with Gasteiger partial charge in [-0.2, -0.15) is 8.78 Å². The highest BCUT2D eigenvalue weighted by Crippen LogP contribution is 2.53. The van der Waals surface area contributed by atoms with Crippen molar-refractivity contribution >= 4 is 11.6 Å². The maximum atomic E-state index is 13.4. The van der Waals surface area contributed by atoms with E-state index in [9.17, 15) is 18.7 Å². The van der Waals surface area contributed by atoms with Gasteiger partial charge in [-0.25, -0.2) is 15.0 Å². The maximum absolute atomic E-state index is 13.4. The van der Waals surface area contributed by atoms with Gasteiger partial charge in [0.2, 0.25) is 0 Å². The molecule has 0 radical (unpaired) electrons. The van der Waals surface area contributed by atoms with E-state index in [0.717, 1.165) is 22.5 Å². The Balaban J connectivity index is 1.30. The van der Waals surface area contributed by atoms with E-state index >= 15 is 0 Å². The van der Waals surface area contributed by atoms with Crippen LogP contribution >= 0.6 is 0 Å². The molecular weight excluding hydrogens is 518 g/mol. The summed E-state index contributed by atoms with van der Waals surface area (Å²) in [5.74, 6) is -0.0508. The van der Waals surface area contributed by atoms with Crippen LogP contribution in [0.5, 0.6) is 5.75 Å². The standard InChI is InChI=1S/C29H28F2N6O3/c1-28(14-38)12-29(32,13-28)26-33-9-16(10-34-26)15-6-7-21-35-23-19-8-18(24(23)37(21)11-15)22-17(25(39)36(19)2)4-3-5-20(22)40-27(30)31/h3-7,9-11,18-19,27,38H,8,12-14,32H2,1-2H3. The molecule has 2 unspecified atom stereocenters. The predicted molar refractivity (Wildman–Crippen MR) is 141 cm³/mol. The van der Waals surface area contributed by atoms with Crippen LogP contribution < -0.4 is 10.5 Å². The number of carbonyl (C=O) groups is 1. The number of benzene rings is 1. The lowest BCUT2D eigenvalue weighted by molar-refractivity contribution is -0.0506. The SMILES string of the molecule is CN1C(=O)c2cccc(OC(F)F)c2C2CC1c1nc3ccc(-c4cnc(C5(N)CC(C)(CO)C5)nc4)cn3c12. The molecular formula is C29H28F2N6O3. The molecule has 3 aromatic heterocycles. The second kappa shape index (κ2) is 8.52. The number of alkyl halides is 2. The summed E-state index contributed by atoms with van der Waals surface area (Å²) in [4.78, 5) is 29.0. The Bertz CT molecular complexity index is 1660. The monoisotopic (exact) mass is 546 g/mol. The van der Waals surface area contributed by atoms with Crippen LogP contribution in [0, 0.1) is 5.41 Å². The van der Waals surface area contributed by atoms with Gasteiger partial charge in [-0.05, 0) is 48.9 Å². The number of imidazole rings is 1. The molecule has 1 saturated carbocycles. The Kier molecular flexibility index (Phi) is 5.33. The van der Waals surface area contributed by atoms with Gasteiger partial charge < -0.3 is 24.9 Å². The van der Waals surface area contributed by atoms with E-state index in [1.807, 2.05) is 29.7 Å². The number of carbonyl (C=O) groups excluding carboxylic acids is 1. The molecule has 4 heterocycles. The van der Waals surface area contributed by atoms with E-state index in [1.54, 1.807) is 36.5 Å². The molecule has 206 valence electrons. The number of hydrogen-bond donors (Lipinski definition) is 2. The Morgan fingerprint density at radius 1 is 1.18 bits per heavy atom.